The van der Waals surface area contributed by atoms with Gasteiger partial charge in [0.05, 0.1) is 5.92 Å². The normalized spacial score (nSPS) is 14.5. The molecule has 1 aromatic carbocycles. The van der Waals surface area contributed by atoms with Gasteiger partial charge in [-0.3, -0.25) is 9.59 Å². The summed E-state index contributed by atoms with van der Waals surface area (Å²) < 4.78 is 0. The minimum atomic E-state index is -0.909. The second-order valence-electron chi connectivity index (χ2n) is 4.50. The molecule has 0 radical (unpaired) electrons. The van der Waals surface area contributed by atoms with Crippen LogP contribution in [0.2, 0.25) is 0 Å². The number of anilines is 1. The fourth-order valence-corrected chi connectivity index (χ4v) is 1.88. The third-order valence-corrected chi connectivity index (χ3v) is 3.07. The van der Waals surface area contributed by atoms with Crippen molar-refractivity contribution in [2.45, 2.75) is 13.3 Å². The first-order valence-corrected chi connectivity index (χ1v) is 5.95. The number of aliphatic carboxylic acids is 1. The van der Waals surface area contributed by atoms with Gasteiger partial charge in [0.1, 0.15) is 0 Å². The molecule has 96 valence electrons. The van der Waals surface area contributed by atoms with Gasteiger partial charge in [0.25, 0.3) is 5.91 Å². The van der Waals surface area contributed by atoms with Crippen molar-refractivity contribution in [3.05, 3.63) is 29.3 Å². The highest BCUT2D eigenvalue weighted by Gasteiger charge is 2.15. The van der Waals surface area contributed by atoms with Crippen LogP contribution in [0.25, 0.3) is 0 Å². The van der Waals surface area contributed by atoms with Gasteiger partial charge in [-0.15, -0.1) is 0 Å². The number of fused-ring (bicyclic) bond motifs is 1. The van der Waals surface area contributed by atoms with Crippen molar-refractivity contribution in [1.29, 1.82) is 0 Å². The number of hydrogen-bond donors (Lipinski definition) is 3. The number of carbonyl (C=O) groups is 2. The zero-order valence-electron chi connectivity index (χ0n) is 10.2. The Morgan fingerprint density at radius 2 is 2.28 bits per heavy atom. The Labute approximate surface area is 105 Å². The molecule has 0 aliphatic carbocycles. The van der Waals surface area contributed by atoms with Gasteiger partial charge < -0.3 is 15.7 Å². The number of nitrogens with one attached hydrogen (secondary N) is 2. The number of carbonyl (C=O) groups excluding carboxylic acids is 1. The summed E-state index contributed by atoms with van der Waals surface area (Å²) in [6, 6.07) is 5.49. The Morgan fingerprint density at radius 3 is 3.00 bits per heavy atom. The van der Waals surface area contributed by atoms with Crippen molar-refractivity contribution in [2.75, 3.05) is 18.4 Å². The summed E-state index contributed by atoms with van der Waals surface area (Å²) in [6.07, 6.45) is 0.919. The molecule has 0 spiro atoms. The Kier molecular flexibility index (Phi) is 3.50. The van der Waals surface area contributed by atoms with E-state index in [2.05, 4.69) is 10.6 Å². The Hall–Kier alpha value is -2.04. The van der Waals surface area contributed by atoms with Crippen LogP contribution >= 0.6 is 0 Å². The van der Waals surface area contributed by atoms with Crippen LogP contribution in [-0.2, 0) is 11.2 Å². The van der Waals surface area contributed by atoms with Crippen LogP contribution in [0.15, 0.2) is 18.2 Å². The van der Waals surface area contributed by atoms with E-state index < -0.39 is 11.9 Å². The van der Waals surface area contributed by atoms with Gasteiger partial charge >= 0.3 is 5.97 Å². The molecular formula is C13H16N2O3. The first kappa shape index (κ1) is 12.4. The molecule has 18 heavy (non-hydrogen) atoms. The van der Waals surface area contributed by atoms with Crippen molar-refractivity contribution in [3.8, 4) is 0 Å². The summed E-state index contributed by atoms with van der Waals surface area (Å²) >= 11 is 0. The van der Waals surface area contributed by atoms with Crippen molar-refractivity contribution in [2.24, 2.45) is 5.92 Å². The van der Waals surface area contributed by atoms with Crippen LogP contribution in [0.1, 0.15) is 22.8 Å². The Bertz CT molecular complexity index is 485. The fourth-order valence-electron chi connectivity index (χ4n) is 1.88. The molecule has 1 atom stereocenters. The van der Waals surface area contributed by atoms with Crippen LogP contribution in [-0.4, -0.2) is 30.1 Å². The van der Waals surface area contributed by atoms with E-state index in [9.17, 15) is 9.59 Å². The highest BCUT2D eigenvalue weighted by atomic mass is 16.4. The average molecular weight is 248 g/mol. The lowest BCUT2D eigenvalue weighted by Crippen LogP contribution is -2.31. The van der Waals surface area contributed by atoms with Gasteiger partial charge in [-0.1, -0.05) is 6.92 Å². The first-order chi connectivity index (χ1) is 8.58. The zero-order valence-corrected chi connectivity index (χ0v) is 10.2. The maximum absolute atomic E-state index is 11.8. The molecule has 1 aromatic rings. The van der Waals surface area contributed by atoms with Crippen molar-refractivity contribution in [3.63, 3.8) is 0 Å². The maximum Gasteiger partial charge on any atom is 0.308 e. The predicted octanol–water partition coefficient (Wildman–Crippen LogP) is 1.11. The third-order valence-electron chi connectivity index (χ3n) is 3.07. The van der Waals surface area contributed by atoms with Crippen molar-refractivity contribution < 1.29 is 14.7 Å². The topological polar surface area (TPSA) is 78.4 Å². The summed E-state index contributed by atoms with van der Waals surface area (Å²) in [6.45, 7) is 2.61. The first-order valence-electron chi connectivity index (χ1n) is 5.95. The van der Waals surface area contributed by atoms with Crippen LogP contribution in [0.4, 0.5) is 5.69 Å². The molecule has 0 bridgehead atoms. The molecule has 1 heterocycles. The lowest BCUT2D eigenvalue weighted by atomic mass is 10.1. The second-order valence-corrected chi connectivity index (χ2v) is 4.50. The molecule has 0 saturated carbocycles. The third kappa shape index (κ3) is 2.61. The van der Waals surface area contributed by atoms with E-state index in [4.69, 9.17) is 5.11 Å². The summed E-state index contributed by atoms with van der Waals surface area (Å²) in [7, 11) is 0. The van der Waals surface area contributed by atoms with E-state index in [1.807, 2.05) is 12.1 Å². The molecule has 0 fully saturated rings. The van der Waals surface area contributed by atoms with Crippen LogP contribution in [0, 0.1) is 5.92 Å². The highest BCUT2D eigenvalue weighted by Crippen LogP contribution is 2.22. The summed E-state index contributed by atoms with van der Waals surface area (Å²) in [5.74, 6) is -1.71. The molecule has 3 N–H and O–H groups in total. The maximum atomic E-state index is 11.8. The van der Waals surface area contributed by atoms with Gasteiger partial charge in [0.15, 0.2) is 0 Å². The molecule has 0 aromatic heterocycles. The van der Waals surface area contributed by atoms with Gasteiger partial charge in [-0.05, 0) is 30.2 Å². The molecule has 1 aliphatic rings. The summed E-state index contributed by atoms with van der Waals surface area (Å²) in [5.41, 5.74) is 2.79. The van der Waals surface area contributed by atoms with Gasteiger partial charge in [0, 0.05) is 24.3 Å². The van der Waals surface area contributed by atoms with Crippen LogP contribution in [0.5, 0.6) is 0 Å². The van der Waals surface area contributed by atoms with E-state index >= 15 is 0 Å². The van der Waals surface area contributed by atoms with Crippen molar-refractivity contribution >= 4 is 17.6 Å². The lowest BCUT2D eigenvalue weighted by molar-refractivity contribution is -0.140. The number of hydrogen-bond acceptors (Lipinski definition) is 3. The predicted molar refractivity (Wildman–Crippen MR) is 67.8 cm³/mol. The van der Waals surface area contributed by atoms with Crippen LogP contribution in [0.3, 0.4) is 0 Å². The minimum absolute atomic E-state index is 0.142. The number of amides is 1. The van der Waals surface area contributed by atoms with E-state index in [1.165, 1.54) is 0 Å². The molecule has 5 nitrogen and oxygen atoms in total. The molecule has 2 rings (SSSR count). The standard InChI is InChI=1S/C13H16N2O3/c1-8(13(17)18)7-15-12(16)10-2-3-11-9(6-10)4-5-14-11/h2-3,6,8,14H,4-5,7H2,1H3,(H,15,16)(H,17,18). The van der Waals surface area contributed by atoms with Gasteiger partial charge in [-0.2, -0.15) is 0 Å². The molecule has 1 aliphatic heterocycles. The quantitative estimate of drug-likeness (QED) is 0.745. The summed E-state index contributed by atoms with van der Waals surface area (Å²) in [5, 5.41) is 14.6. The van der Waals surface area contributed by atoms with Crippen LogP contribution < -0.4 is 10.6 Å². The van der Waals surface area contributed by atoms with E-state index in [-0.39, 0.29) is 12.5 Å². The monoisotopic (exact) mass is 248 g/mol. The molecule has 1 amide bonds. The SMILES string of the molecule is CC(CNC(=O)c1ccc2c(c1)CCN2)C(=O)O. The number of rotatable bonds is 4. The average Bonchev–Trinajstić information content (AvgIpc) is 2.82. The number of benzene rings is 1. The van der Waals surface area contributed by atoms with E-state index in [1.54, 1.807) is 13.0 Å². The molecular weight excluding hydrogens is 232 g/mol. The molecule has 0 saturated heterocycles. The lowest BCUT2D eigenvalue weighted by Gasteiger charge is -2.09. The fraction of sp³-hybridized carbons (Fsp3) is 0.385. The summed E-state index contributed by atoms with van der Waals surface area (Å²) in [4.78, 5) is 22.5. The zero-order chi connectivity index (χ0) is 13.1. The van der Waals surface area contributed by atoms with Gasteiger partial charge in [-0.25, -0.2) is 0 Å². The number of carboxylic acids is 1. The Morgan fingerprint density at radius 1 is 1.50 bits per heavy atom. The molecule has 1 unspecified atom stereocenters. The molecule has 5 heteroatoms. The van der Waals surface area contributed by atoms with Gasteiger partial charge in [0.2, 0.25) is 0 Å². The number of carboxylic acid groups (broad SMARTS) is 1. The van der Waals surface area contributed by atoms with Crippen molar-refractivity contribution in [1.82, 2.24) is 5.32 Å². The minimum Gasteiger partial charge on any atom is -0.481 e. The largest absolute Gasteiger partial charge is 0.481 e. The Balaban J connectivity index is 1.99. The van der Waals surface area contributed by atoms with E-state index in [0.29, 0.717) is 5.56 Å². The smallest absolute Gasteiger partial charge is 0.308 e. The highest BCUT2D eigenvalue weighted by molar-refractivity contribution is 5.95. The van der Waals surface area contributed by atoms with E-state index in [0.717, 1.165) is 24.2 Å². The second kappa shape index (κ2) is 5.08.